The third-order valence-corrected chi connectivity index (χ3v) is 5.11. The van der Waals surface area contributed by atoms with Gasteiger partial charge in [-0.1, -0.05) is 29.8 Å². The molecule has 0 bridgehead atoms. The van der Waals surface area contributed by atoms with E-state index in [0.717, 1.165) is 9.25 Å². The Balaban J connectivity index is 1.96. The maximum atomic E-state index is 14.5. The maximum Gasteiger partial charge on any atom is 0.358 e. The van der Waals surface area contributed by atoms with E-state index in [1.165, 1.54) is 12.1 Å². The lowest BCUT2D eigenvalue weighted by molar-refractivity contribution is -0.137. The molecule has 0 radical (unpaired) electrons. The lowest BCUT2D eigenvalue weighted by atomic mass is 9.95. The molecular weight excluding hydrogens is 419 g/mol. The second-order valence-electron chi connectivity index (χ2n) is 6.51. The summed E-state index contributed by atoms with van der Waals surface area (Å²) in [5, 5.41) is 4.17. The zero-order valence-corrected chi connectivity index (χ0v) is 16.7. The number of rotatable bonds is 5. The minimum absolute atomic E-state index is 0.0502. The Bertz CT molecular complexity index is 947. The van der Waals surface area contributed by atoms with Gasteiger partial charge in [0.25, 0.3) is 5.91 Å². The molecule has 2 heterocycles. The van der Waals surface area contributed by atoms with Crippen molar-refractivity contribution in [1.29, 1.82) is 0 Å². The fourth-order valence-electron chi connectivity index (χ4n) is 3.14. The first-order valence-corrected chi connectivity index (χ1v) is 9.62. The van der Waals surface area contributed by atoms with E-state index in [0.29, 0.717) is 36.2 Å². The molecule has 27 heavy (non-hydrogen) atoms. The minimum atomic E-state index is -0.682. The van der Waals surface area contributed by atoms with Gasteiger partial charge in [-0.2, -0.15) is 0 Å². The first-order chi connectivity index (χ1) is 12.8. The third kappa shape index (κ3) is 3.73. The lowest BCUT2D eigenvalue weighted by Gasteiger charge is -2.39. The second-order valence-corrected chi connectivity index (χ2v) is 7.43. The number of hydrogen-bond donors (Lipinski definition) is 0. The zero-order chi connectivity index (χ0) is 19.7. The Kier molecular flexibility index (Phi) is 5.59. The predicted molar refractivity (Wildman–Crippen MR) is 100 cm³/mol. The maximum absolute atomic E-state index is 14.5. The summed E-state index contributed by atoms with van der Waals surface area (Å²) in [7, 11) is 0. The van der Waals surface area contributed by atoms with Crippen molar-refractivity contribution in [2.75, 3.05) is 13.1 Å². The van der Waals surface area contributed by atoms with Crippen LogP contribution >= 0.6 is 15.9 Å². The minimum Gasteiger partial charge on any atom is -0.342 e. The summed E-state index contributed by atoms with van der Waals surface area (Å²) in [4.78, 5) is 38.2. The van der Waals surface area contributed by atoms with Crippen LogP contribution in [0.15, 0.2) is 27.5 Å². The van der Waals surface area contributed by atoms with Crippen LogP contribution in [0.4, 0.5) is 4.39 Å². The summed E-state index contributed by atoms with van der Waals surface area (Å²) in [6.07, 6.45) is 0.935. The molecule has 0 spiro atoms. The Morgan fingerprint density at radius 1 is 1.22 bits per heavy atom. The van der Waals surface area contributed by atoms with Crippen LogP contribution in [0.1, 0.15) is 37.3 Å². The molecule has 0 unspecified atom stereocenters. The number of benzene rings is 1. The van der Waals surface area contributed by atoms with Crippen LogP contribution in [0.5, 0.6) is 0 Å². The molecule has 1 amide bonds. The van der Waals surface area contributed by atoms with Crippen molar-refractivity contribution < 1.29 is 14.0 Å². The van der Waals surface area contributed by atoms with E-state index >= 15 is 0 Å². The molecule has 2 aromatic rings. The van der Waals surface area contributed by atoms with Gasteiger partial charge in [-0.25, -0.2) is 13.8 Å². The van der Waals surface area contributed by atoms with Crippen LogP contribution in [0.25, 0.3) is 5.69 Å². The molecule has 0 N–H and O–H groups in total. The van der Waals surface area contributed by atoms with E-state index in [-0.39, 0.29) is 23.9 Å². The van der Waals surface area contributed by atoms with Crippen molar-refractivity contribution in [3.05, 3.63) is 44.8 Å². The van der Waals surface area contributed by atoms with Crippen LogP contribution < -0.4 is 5.69 Å². The number of halogens is 2. The molecule has 0 saturated carbocycles. The highest BCUT2D eigenvalue weighted by molar-refractivity contribution is 9.10. The highest BCUT2D eigenvalue weighted by Gasteiger charge is 2.32. The average molecular weight is 439 g/mol. The molecule has 1 aromatic carbocycles. The molecule has 1 aliphatic heterocycles. The summed E-state index contributed by atoms with van der Waals surface area (Å²) < 4.78 is 17.0. The molecule has 1 aromatic heterocycles. The van der Waals surface area contributed by atoms with Gasteiger partial charge in [-0.05, 0) is 18.2 Å². The number of carbonyl (C=O) groups excluding carboxylic acids is 2. The average Bonchev–Trinajstić information content (AvgIpc) is 2.93. The summed E-state index contributed by atoms with van der Waals surface area (Å²) >= 11 is 3.19. The standard InChI is InChI=1S/C18H20BrFN4O3/c1-3-16(25)22-9-11(10-22)7-15-21-24(17(26)4-2)18(27)23(15)14-6-5-12(19)8-13(14)20/h5-6,8,11H,3-4,7,9-10H2,1-2H3. The van der Waals surface area contributed by atoms with Crippen LogP contribution in [0.3, 0.4) is 0 Å². The van der Waals surface area contributed by atoms with E-state index in [1.54, 1.807) is 17.9 Å². The lowest BCUT2D eigenvalue weighted by Crippen LogP contribution is -2.50. The molecule has 1 fully saturated rings. The van der Waals surface area contributed by atoms with Crippen LogP contribution in [0, 0.1) is 11.7 Å². The van der Waals surface area contributed by atoms with Crippen LogP contribution in [0.2, 0.25) is 0 Å². The summed E-state index contributed by atoms with van der Waals surface area (Å²) in [5.41, 5.74) is -0.631. The first-order valence-electron chi connectivity index (χ1n) is 8.83. The Morgan fingerprint density at radius 2 is 1.89 bits per heavy atom. The number of likely N-dealkylation sites (tertiary alicyclic amines) is 1. The van der Waals surface area contributed by atoms with Crippen molar-refractivity contribution in [2.24, 2.45) is 5.92 Å². The monoisotopic (exact) mass is 438 g/mol. The molecule has 9 heteroatoms. The molecule has 0 aliphatic carbocycles. The van der Waals surface area contributed by atoms with Crippen molar-refractivity contribution >= 4 is 27.7 Å². The van der Waals surface area contributed by atoms with Gasteiger partial charge in [-0.3, -0.25) is 9.59 Å². The fourth-order valence-corrected chi connectivity index (χ4v) is 3.47. The van der Waals surface area contributed by atoms with Gasteiger partial charge in [0.15, 0.2) is 0 Å². The molecule has 0 atom stereocenters. The Morgan fingerprint density at radius 3 is 2.48 bits per heavy atom. The van der Waals surface area contributed by atoms with E-state index in [2.05, 4.69) is 21.0 Å². The van der Waals surface area contributed by atoms with E-state index in [4.69, 9.17) is 0 Å². The van der Waals surface area contributed by atoms with Gasteiger partial charge < -0.3 is 4.90 Å². The number of hydrogen-bond acceptors (Lipinski definition) is 4. The van der Waals surface area contributed by atoms with Crippen LogP contribution in [-0.4, -0.2) is 44.2 Å². The Hall–Kier alpha value is -2.29. The van der Waals surface area contributed by atoms with Gasteiger partial charge in [-0.15, -0.1) is 9.78 Å². The molecule has 3 rings (SSSR count). The number of nitrogens with zero attached hydrogens (tertiary/aromatic N) is 4. The molecule has 144 valence electrons. The predicted octanol–water partition coefficient (Wildman–Crippen LogP) is 2.40. The van der Waals surface area contributed by atoms with Crippen molar-refractivity contribution in [3.8, 4) is 5.69 Å². The summed E-state index contributed by atoms with van der Waals surface area (Å²) in [6, 6.07) is 4.36. The van der Waals surface area contributed by atoms with Crippen molar-refractivity contribution in [1.82, 2.24) is 19.2 Å². The summed E-state index contributed by atoms with van der Waals surface area (Å²) in [6.45, 7) is 4.58. The number of carbonyl (C=O) groups is 2. The fraction of sp³-hybridized carbons (Fsp3) is 0.444. The first kappa shape index (κ1) is 19.5. The molecule has 1 saturated heterocycles. The topological polar surface area (TPSA) is 77.2 Å². The zero-order valence-electron chi connectivity index (χ0n) is 15.1. The second kappa shape index (κ2) is 7.75. The van der Waals surface area contributed by atoms with Crippen molar-refractivity contribution in [2.45, 2.75) is 33.1 Å². The molecular formula is C18H20BrFN4O3. The van der Waals surface area contributed by atoms with Gasteiger partial charge in [0.1, 0.15) is 11.6 Å². The van der Waals surface area contributed by atoms with Crippen LogP contribution in [-0.2, 0) is 11.2 Å². The number of aromatic nitrogens is 3. The summed E-state index contributed by atoms with van der Waals surface area (Å²) in [5.74, 6) is -0.530. The van der Waals surface area contributed by atoms with Gasteiger partial charge in [0, 0.05) is 42.7 Å². The SMILES string of the molecule is CCC(=O)N1CC(Cc2nn(C(=O)CC)c(=O)n2-c2ccc(Br)cc2F)C1. The van der Waals surface area contributed by atoms with E-state index < -0.39 is 17.4 Å². The highest BCUT2D eigenvalue weighted by atomic mass is 79.9. The smallest absolute Gasteiger partial charge is 0.342 e. The van der Waals surface area contributed by atoms with Crippen molar-refractivity contribution in [3.63, 3.8) is 0 Å². The number of amides is 1. The van der Waals surface area contributed by atoms with E-state index in [9.17, 15) is 18.8 Å². The molecule has 7 nitrogen and oxygen atoms in total. The van der Waals surface area contributed by atoms with Gasteiger partial charge >= 0.3 is 5.69 Å². The van der Waals surface area contributed by atoms with Gasteiger partial charge in [0.05, 0.1) is 5.69 Å². The molecule has 1 aliphatic rings. The third-order valence-electron chi connectivity index (χ3n) is 4.62. The normalized spacial score (nSPS) is 14.3. The quantitative estimate of drug-likeness (QED) is 0.717. The van der Waals surface area contributed by atoms with E-state index in [1.807, 2.05) is 6.92 Å². The van der Waals surface area contributed by atoms with Gasteiger partial charge in [0.2, 0.25) is 5.91 Å². The Labute approximate surface area is 163 Å². The largest absolute Gasteiger partial charge is 0.358 e. The highest BCUT2D eigenvalue weighted by Crippen LogP contribution is 2.23.